The molecule has 0 saturated carbocycles. The largest absolute Gasteiger partial charge is 0.416 e. The lowest BCUT2D eigenvalue weighted by atomic mass is 10.0. The molecule has 0 aliphatic carbocycles. The zero-order valence-electron chi connectivity index (χ0n) is 14.0. The predicted molar refractivity (Wildman–Crippen MR) is 91.6 cm³/mol. The second-order valence-electron chi connectivity index (χ2n) is 5.71. The summed E-state index contributed by atoms with van der Waals surface area (Å²) in [4.78, 5) is 20.2. The summed E-state index contributed by atoms with van der Waals surface area (Å²) in [6.45, 7) is 1.61. The first-order valence-electron chi connectivity index (χ1n) is 7.81. The normalized spacial score (nSPS) is 11.3. The van der Waals surface area contributed by atoms with Crippen molar-refractivity contribution in [3.63, 3.8) is 0 Å². The number of hydrogen-bond donors (Lipinski definition) is 1. The fourth-order valence-electron chi connectivity index (χ4n) is 2.55. The van der Waals surface area contributed by atoms with Crippen LogP contribution in [0.5, 0.6) is 0 Å². The second-order valence-corrected chi connectivity index (χ2v) is 5.71. The fraction of sp³-hybridized carbons (Fsp3) is 0.105. The second kappa shape index (κ2) is 7.14. The SMILES string of the molecule is Cc1ncc(NC(=O)c2cccc(C(F)(F)F)c2)c(F)c1-c1ccncc1. The van der Waals surface area contributed by atoms with Crippen LogP contribution in [0, 0.1) is 12.7 Å². The number of halogens is 4. The first kappa shape index (κ1) is 18.5. The van der Waals surface area contributed by atoms with Crippen LogP contribution in [0.4, 0.5) is 23.2 Å². The van der Waals surface area contributed by atoms with Gasteiger partial charge in [0.05, 0.1) is 17.4 Å². The molecule has 27 heavy (non-hydrogen) atoms. The van der Waals surface area contributed by atoms with Gasteiger partial charge in [0.15, 0.2) is 5.82 Å². The van der Waals surface area contributed by atoms with Crippen molar-refractivity contribution in [2.24, 2.45) is 0 Å². The maximum atomic E-state index is 14.9. The topological polar surface area (TPSA) is 54.9 Å². The number of amides is 1. The van der Waals surface area contributed by atoms with Gasteiger partial charge in [-0.25, -0.2) is 4.39 Å². The van der Waals surface area contributed by atoms with Crippen LogP contribution in [-0.2, 0) is 6.18 Å². The molecule has 0 bridgehead atoms. The van der Waals surface area contributed by atoms with Crippen LogP contribution in [0.15, 0.2) is 55.0 Å². The standard InChI is InChI=1S/C19H13F4N3O/c1-11-16(12-5-7-24-8-6-12)17(20)15(10-25-11)26-18(27)13-3-2-4-14(9-13)19(21,22)23/h2-10H,1H3,(H,26,27). The Morgan fingerprint density at radius 1 is 1.11 bits per heavy atom. The first-order chi connectivity index (χ1) is 12.8. The van der Waals surface area contributed by atoms with Crippen molar-refractivity contribution in [2.45, 2.75) is 13.1 Å². The van der Waals surface area contributed by atoms with Gasteiger partial charge in [-0.15, -0.1) is 0 Å². The molecule has 0 spiro atoms. The predicted octanol–water partition coefficient (Wildman–Crippen LogP) is 4.86. The number of nitrogens with zero attached hydrogens (tertiary/aromatic N) is 2. The molecule has 4 nitrogen and oxygen atoms in total. The summed E-state index contributed by atoms with van der Waals surface area (Å²) >= 11 is 0. The van der Waals surface area contributed by atoms with Gasteiger partial charge in [-0.2, -0.15) is 13.2 Å². The van der Waals surface area contributed by atoms with Crippen molar-refractivity contribution in [3.05, 3.63) is 77.6 Å². The van der Waals surface area contributed by atoms with Gasteiger partial charge >= 0.3 is 6.18 Å². The van der Waals surface area contributed by atoms with Gasteiger partial charge in [0, 0.05) is 29.2 Å². The van der Waals surface area contributed by atoms with E-state index in [1.165, 1.54) is 18.5 Å². The van der Waals surface area contributed by atoms with Crippen molar-refractivity contribution < 1.29 is 22.4 Å². The average Bonchev–Trinajstić information content (AvgIpc) is 2.64. The summed E-state index contributed by atoms with van der Waals surface area (Å²) in [5, 5.41) is 2.28. The first-order valence-corrected chi connectivity index (χ1v) is 7.81. The number of aromatic nitrogens is 2. The minimum Gasteiger partial charge on any atom is -0.318 e. The van der Waals surface area contributed by atoms with Crippen LogP contribution < -0.4 is 5.32 Å². The smallest absolute Gasteiger partial charge is 0.318 e. The highest BCUT2D eigenvalue weighted by Gasteiger charge is 2.31. The van der Waals surface area contributed by atoms with E-state index >= 15 is 0 Å². The highest BCUT2D eigenvalue weighted by Crippen LogP contribution is 2.31. The molecule has 3 aromatic rings. The molecule has 0 aliphatic rings. The highest BCUT2D eigenvalue weighted by atomic mass is 19.4. The Morgan fingerprint density at radius 2 is 1.81 bits per heavy atom. The highest BCUT2D eigenvalue weighted by molar-refractivity contribution is 6.04. The molecule has 0 aliphatic heterocycles. The molecule has 2 heterocycles. The number of pyridine rings is 2. The summed E-state index contributed by atoms with van der Waals surface area (Å²) < 4.78 is 53.3. The molecule has 0 unspecified atom stereocenters. The van der Waals surface area contributed by atoms with Crippen LogP contribution >= 0.6 is 0 Å². The van der Waals surface area contributed by atoms with Crippen molar-refractivity contribution >= 4 is 11.6 Å². The van der Waals surface area contributed by atoms with Gasteiger partial charge in [-0.3, -0.25) is 14.8 Å². The Kier molecular flexibility index (Phi) is 4.89. The van der Waals surface area contributed by atoms with Gasteiger partial charge in [-0.1, -0.05) is 6.07 Å². The number of hydrogen-bond acceptors (Lipinski definition) is 3. The Labute approximate surface area is 151 Å². The van der Waals surface area contributed by atoms with Crippen molar-refractivity contribution in [2.75, 3.05) is 5.32 Å². The maximum Gasteiger partial charge on any atom is 0.416 e. The molecule has 8 heteroatoms. The van der Waals surface area contributed by atoms with Gasteiger partial charge in [0.2, 0.25) is 0 Å². The van der Waals surface area contributed by atoms with Crippen molar-refractivity contribution in [1.82, 2.24) is 9.97 Å². The third-order valence-corrected chi connectivity index (χ3v) is 3.87. The molecule has 0 radical (unpaired) electrons. The molecule has 0 atom stereocenters. The van der Waals surface area contributed by atoms with Crippen LogP contribution in [0.3, 0.4) is 0 Å². The van der Waals surface area contributed by atoms with Crippen molar-refractivity contribution in [3.8, 4) is 11.1 Å². The molecule has 3 rings (SSSR count). The zero-order valence-corrected chi connectivity index (χ0v) is 14.0. The molecule has 0 fully saturated rings. The van der Waals surface area contributed by atoms with Gasteiger partial charge < -0.3 is 5.32 Å². The van der Waals surface area contributed by atoms with E-state index in [0.29, 0.717) is 17.3 Å². The molecule has 1 aromatic carbocycles. The van der Waals surface area contributed by atoms with Crippen LogP contribution in [0.25, 0.3) is 11.1 Å². The summed E-state index contributed by atoms with van der Waals surface area (Å²) in [7, 11) is 0. The molecule has 138 valence electrons. The number of rotatable bonds is 3. The summed E-state index contributed by atoms with van der Waals surface area (Å²) in [6, 6.07) is 7.07. The van der Waals surface area contributed by atoms with E-state index in [-0.39, 0.29) is 16.8 Å². The molecule has 1 amide bonds. The number of carbonyl (C=O) groups is 1. The molecule has 0 saturated heterocycles. The number of benzene rings is 1. The van der Waals surface area contributed by atoms with Crippen molar-refractivity contribution in [1.29, 1.82) is 0 Å². The van der Waals surface area contributed by atoms with Gasteiger partial charge in [-0.05, 0) is 42.8 Å². The van der Waals surface area contributed by atoms with E-state index in [4.69, 9.17) is 0 Å². The molecular formula is C19H13F4N3O. The number of carbonyl (C=O) groups excluding carboxylic acids is 1. The summed E-state index contributed by atoms with van der Waals surface area (Å²) in [5.41, 5.74) is -0.335. The lowest BCUT2D eigenvalue weighted by Crippen LogP contribution is -2.15. The maximum absolute atomic E-state index is 14.9. The summed E-state index contributed by atoms with van der Waals surface area (Å²) in [5.74, 6) is -1.60. The van der Waals surface area contributed by atoms with E-state index in [9.17, 15) is 22.4 Å². The van der Waals surface area contributed by atoms with E-state index in [2.05, 4.69) is 15.3 Å². The number of alkyl halides is 3. The number of anilines is 1. The lowest BCUT2D eigenvalue weighted by Gasteiger charge is -2.13. The van der Waals surface area contributed by atoms with E-state index < -0.39 is 23.5 Å². The Bertz CT molecular complexity index is 988. The zero-order chi connectivity index (χ0) is 19.6. The molecule has 1 N–H and O–H groups in total. The van der Waals surface area contributed by atoms with E-state index in [0.717, 1.165) is 18.3 Å². The quantitative estimate of drug-likeness (QED) is 0.665. The Morgan fingerprint density at radius 3 is 2.48 bits per heavy atom. The Hall–Kier alpha value is -3.29. The number of aryl methyl sites for hydroxylation is 1. The minimum absolute atomic E-state index is 0.180. The summed E-state index contributed by atoms with van der Waals surface area (Å²) in [6.07, 6.45) is -0.480. The van der Waals surface area contributed by atoms with Gasteiger partial charge in [0.25, 0.3) is 5.91 Å². The minimum atomic E-state index is -4.58. The van der Waals surface area contributed by atoms with Crippen LogP contribution in [-0.4, -0.2) is 15.9 Å². The Balaban J connectivity index is 1.94. The third-order valence-electron chi connectivity index (χ3n) is 3.87. The molecule has 2 aromatic heterocycles. The number of nitrogens with one attached hydrogen (secondary N) is 1. The fourth-order valence-corrected chi connectivity index (χ4v) is 2.55. The van der Waals surface area contributed by atoms with E-state index in [1.807, 2.05) is 0 Å². The van der Waals surface area contributed by atoms with Crippen LogP contribution in [0.2, 0.25) is 0 Å². The van der Waals surface area contributed by atoms with Gasteiger partial charge in [0.1, 0.15) is 0 Å². The third kappa shape index (κ3) is 3.94. The average molecular weight is 375 g/mol. The molecular weight excluding hydrogens is 362 g/mol. The van der Waals surface area contributed by atoms with Crippen LogP contribution in [0.1, 0.15) is 21.6 Å². The van der Waals surface area contributed by atoms with E-state index in [1.54, 1.807) is 19.1 Å². The lowest BCUT2D eigenvalue weighted by molar-refractivity contribution is -0.137. The monoisotopic (exact) mass is 375 g/mol.